The highest BCUT2D eigenvalue weighted by molar-refractivity contribution is 14.0. The van der Waals surface area contributed by atoms with Crippen molar-refractivity contribution in [3.8, 4) is 0 Å². The standard InChI is InChI=1S/C21H28FN3O.HI/c1-17-14-19(10-11-20(17)22)15-25-21(23-2)24-12-6-7-13-26-16-18-8-4-3-5-9-18;/h3-5,8-11,14H,6-7,12-13,15-16H2,1-2H3,(H2,23,24,25);1H. The van der Waals surface area contributed by atoms with Gasteiger partial charge in [0.05, 0.1) is 6.61 Å². The Morgan fingerprint density at radius 3 is 2.52 bits per heavy atom. The fourth-order valence-corrected chi connectivity index (χ4v) is 2.52. The second-order valence-electron chi connectivity index (χ2n) is 6.18. The summed E-state index contributed by atoms with van der Waals surface area (Å²) in [5.41, 5.74) is 2.88. The molecule has 2 N–H and O–H groups in total. The summed E-state index contributed by atoms with van der Waals surface area (Å²) in [5, 5.41) is 6.52. The Kier molecular flexibility index (Phi) is 11.7. The molecule has 0 aromatic heterocycles. The third-order valence-electron chi connectivity index (χ3n) is 4.03. The van der Waals surface area contributed by atoms with Gasteiger partial charge in [0.1, 0.15) is 5.82 Å². The summed E-state index contributed by atoms with van der Waals surface area (Å²) in [6, 6.07) is 15.3. The van der Waals surface area contributed by atoms with E-state index in [1.807, 2.05) is 24.3 Å². The highest BCUT2D eigenvalue weighted by Crippen LogP contribution is 2.08. The average Bonchev–Trinajstić information content (AvgIpc) is 2.67. The molecule has 0 saturated heterocycles. The van der Waals surface area contributed by atoms with E-state index in [0.29, 0.717) is 18.7 Å². The van der Waals surface area contributed by atoms with Gasteiger partial charge in [-0.15, -0.1) is 24.0 Å². The Morgan fingerprint density at radius 1 is 1.04 bits per heavy atom. The molecule has 0 aliphatic carbocycles. The quantitative estimate of drug-likeness (QED) is 0.239. The van der Waals surface area contributed by atoms with E-state index in [4.69, 9.17) is 4.74 Å². The van der Waals surface area contributed by atoms with Crippen LogP contribution in [0.2, 0.25) is 0 Å². The maximum Gasteiger partial charge on any atom is 0.191 e. The zero-order valence-corrected chi connectivity index (χ0v) is 18.3. The van der Waals surface area contributed by atoms with E-state index < -0.39 is 0 Å². The van der Waals surface area contributed by atoms with Crippen LogP contribution in [0, 0.1) is 12.7 Å². The van der Waals surface area contributed by atoms with E-state index in [0.717, 1.165) is 37.5 Å². The first-order valence-corrected chi connectivity index (χ1v) is 9.00. The topological polar surface area (TPSA) is 45.7 Å². The van der Waals surface area contributed by atoms with Crippen molar-refractivity contribution in [2.75, 3.05) is 20.2 Å². The molecule has 27 heavy (non-hydrogen) atoms. The van der Waals surface area contributed by atoms with E-state index in [1.54, 1.807) is 20.0 Å². The Morgan fingerprint density at radius 2 is 1.81 bits per heavy atom. The predicted molar refractivity (Wildman–Crippen MR) is 120 cm³/mol. The van der Waals surface area contributed by atoms with Crippen molar-refractivity contribution in [1.29, 1.82) is 0 Å². The van der Waals surface area contributed by atoms with E-state index in [9.17, 15) is 4.39 Å². The summed E-state index contributed by atoms with van der Waals surface area (Å²) in [6.45, 7) is 4.62. The third-order valence-corrected chi connectivity index (χ3v) is 4.03. The molecular weight excluding hydrogens is 456 g/mol. The van der Waals surface area contributed by atoms with Gasteiger partial charge in [0.15, 0.2) is 5.96 Å². The number of hydrogen-bond donors (Lipinski definition) is 2. The fraction of sp³-hybridized carbons (Fsp3) is 0.381. The molecule has 0 aliphatic rings. The Hall–Kier alpha value is -1.67. The van der Waals surface area contributed by atoms with Crippen molar-refractivity contribution < 1.29 is 9.13 Å². The van der Waals surface area contributed by atoms with Gasteiger partial charge in [-0.3, -0.25) is 4.99 Å². The number of nitrogens with one attached hydrogen (secondary N) is 2. The van der Waals surface area contributed by atoms with Crippen LogP contribution in [0.5, 0.6) is 0 Å². The molecule has 0 heterocycles. The van der Waals surface area contributed by atoms with Crippen LogP contribution in [0.3, 0.4) is 0 Å². The maximum absolute atomic E-state index is 13.3. The largest absolute Gasteiger partial charge is 0.377 e. The summed E-state index contributed by atoms with van der Waals surface area (Å²) < 4.78 is 19.0. The summed E-state index contributed by atoms with van der Waals surface area (Å²) in [6.07, 6.45) is 2.00. The summed E-state index contributed by atoms with van der Waals surface area (Å²) in [5.74, 6) is 0.572. The average molecular weight is 485 g/mol. The highest BCUT2D eigenvalue weighted by Gasteiger charge is 2.01. The first-order chi connectivity index (χ1) is 12.7. The summed E-state index contributed by atoms with van der Waals surface area (Å²) in [4.78, 5) is 4.21. The zero-order chi connectivity index (χ0) is 18.6. The number of hydrogen-bond acceptors (Lipinski definition) is 2. The molecular formula is C21H29FIN3O. The lowest BCUT2D eigenvalue weighted by atomic mass is 10.1. The van der Waals surface area contributed by atoms with Gasteiger partial charge in [-0.05, 0) is 42.5 Å². The molecule has 0 fully saturated rings. The minimum absolute atomic E-state index is 0. The number of nitrogens with zero attached hydrogens (tertiary/aromatic N) is 1. The summed E-state index contributed by atoms with van der Waals surface area (Å²) in [7, 11) is 1.74. The molecule has 2 aromatic rings. The lowest BCUT2D eigenvalue weighted by molar-refractivity contribution is 0.117. The molecule has 0 bridgehead atoms. The van der Waals surface area contributed by atoms with Crippen molar-refractivity contribution >= 4 is 29.9 Å². The van der Waals surface area contributed by atoms with Crippen LogP contribution in [-0.4, -0.2) is 26.2 Å². The Labute approximate surface area is 178 Å². The van der Waals surface area contributed by atoms with Crippen molar-refractivity contribution in [3.63, 3.8) is 0 Å². The van der Waals surface area contributed by atoms with E-state index >= 15 is 0 Å². The normalized spacial score (nSPS) is 11.0. The Bertz CT molecular complexity index is 695. The SMILES string of the molecule is CN=C(NCCCCOCc1ccccc1)NCc1ccc(F)c(C)c1.I. The number of aliphatic imine (C=N–C) groups is 1. The number of ether oxygens (including phenoxy) is 1. The molecule has 2 aromatic carbocycles. The van der Waals surface area contributed by atoms with Crippen LogP contribution in [0.25, 0.3) is 0 Å². The molecule has 0 amide bonds. The lowest BCUT2D eigenvalue weighted by Gasteiger charge is -2.12. The van der Waals surface area contributed by atoms with Gasteiger partial charge in [-0.25, -0.2) is 4.39 Å². The number of halogens is 2. The monoisotopic (exact) mass is 485 g/mol. The molecule has 4 nitrogen and oxygen atoms in total. The minimum Gasteiger partial charge on any atom is -0.377 e. The second kappa shape index (κ2) is 13.5. The van der Waals surface area contributed by atoms with Gasteiger partial charge in [0, 0.05) is 26.7 Å². The fourth-order valence-electron chi connectivity index (χ4n) is 2.52. The molecule has 0 spiro atoms. The van der Waals surface area contributed by atoms with Crippen molar-refractivity contribution in [2.24, 2.45) is 4.99 Å². The molecule has 0 saturated carbocycles. The van der Waals surface area contributed by atoms with E-state index in [1.165, 1.54) is 11.6 Å². The minimum atomic E-state index is -0.175. The van der Waals surface area contributed by atoms with Crippen molar-refractivity contribution in [3.05, 3.63) is 71.0 Å². The zero-order valence-electron chi connectivity index (χ0n) is 16.0. The molecule has 0 unspecified atom stereocenters. The van der Waals surface area contributed by atoms with Crippen LogP contribution in [0.15, 0.2) is 53.5 Å². The maximum atomic E-state index is 13.3. The molecule has 6 heteroatoms. The van der Waals surface area contributed by atoms with Gasteiger partial charge in [-0.1, -0.05) is 42.5 Å². The van der Waals surface area contributed by atoms with E-state index in [-0.39, 0.29) is 29.8 Å². The van der Waals surface area contributed by atoms with Gasteiger partial charge in [-0.2, -0.15) is 0 Å². The van der Waals surface area contributed by atoms with Crippen LogP contribution >= 0.6 is 24.0 Å². The van der Waals surface area contributed by atoms with Crippen LogP contribution in [0.4, 0.5) is 4.39 Å². The number of guanidine groups is 1. The molecule has 2 rings (SSSR count). The smallest absolute Gasteiger partial charge is 0.191 e. The number of benzene rings is 2. The van der Waals surface area contributed by atoms with Crippen LogP contribution < -0.4 is 10.6 Å². The van der Waals surface area contributed by atoms with Crippen molar-refractivity contribution in [1.82, 2.24) is 10.6 Å². The van der Waals surface area contributed by atoms with E-state index in [2.05, 4.69) is 27.8 Å². The predicted octanol–water partition coefficient (Wildman–Crippen LogP) is 4.41. The number of rotatable bonds is 9. The van der Waals surface area contributed by atoms with Crippen LogP contribution in [0.1, 0.15) is 29.5 Å². The number of aryl methyl sites for hydroxylation is 1. The molecule has 0 radical (unpaired) electrons. The lowest BCUT2D eigenvalue weighted by Crippen LogP contribution is -2.37. The Balaban J connectivity index is 0.00000364. The number of unbranched alkanes of at least 4 members (excludes halogenated alkanes) is 1. The van der Waals surface area contributed by atoms with Gasteiger partial charge in [0.25, 0.3) is 0 Å². The van der Waals surface area contributed by atoms with Gasteiger partial charge >= 0.3 is 0 Å². The van der Waals surface area contributed by atoms with Gasteiger partial charge in [0.2, 0.25) is 0 Å². The molecule has 0 atom stereocenters. The van der Waals surface area contributed by atoms with Crippen molar-refractivity contribution in [2.45, 2.75) is 32.9 Å². The first kappa shape index (κ1) is 23.4. The summed E-state index contributed by atoms with van der Waals surface area (Å²) >= 11 is 0. The molecule has 148 valence electrons. The van der Waals surface area contributed by atoms with Gasteiger partial charge < -0.3 is 15.4 Å². The van der Waals surface area contributed by atoms with Crippen LogP contribution in [-0.2, 0) is 17.9 Å². The second-order valence-corrected chi connectivity index (χ2v) is 6.18. The molecule has 0 aliphatic heterocycles. The third kappa shape index (κ3) is 9.19. The highest BCUT2D eigenvalue weighted by atomic mass is 127. The first-order valence-electron chi connectivity index (χ1n) is 9.00.